The van der Waals surface area contributed by atoms with Gasteiger partial charge >= 0.3 is 0 Å². The summed E-state index contributed by atoms with van der Waals surface area (Å²) in [6.07, 6.45) is 0. The lowest BCUT2D eigenvalue weighted by atomic mass is 10.2. The van der Waals surface area contributed by atoms with Crippen LogP contribution in [0.25, 0.3) is 0 Å². The zero-order chi connectivity index (χ0) is 13.1. The first-order valence-corrected chi connectivity index (χ1v) is 6.62. The molecule has 0 aliphatic rings. The topological polar surface area (TPSA) is 38.5 Å². The molecule has 0 spiro atoms. The third-order valence-corrected chi connectivity index (χ3v) is 3.48. The summed E-state index contributed by atoms with van der Waals surface area (Å²) in [7, 11) is 3.66. The van der Waals surface area contributed by atoms with Gasteiger partial charge in [0, 0.05) is 16.3 Å². The molecule has 3 nitrogen and oxygen atoms in total. The van der Waals surface area contributed by atoms with Crippen LogP contribution >= 0.6 is 22.6 Å². The van der Waals surface area contributed by atoms with E-state index >= 15 is 0 Å². The lowest BCUT2D eigenvalue weighted by Crippen LogP contribution is -2.11. The monoisotopic (exact) mass is 354 g/mol. The molecular weight excluding hydrogens is 339 g/mol. The quantitative estimate of drug-likeness (QED) is 0.676. The molecule has 0 bridgehead atoms. The van der Waals surface area contributed by atoms with Crippen LogP contribution in [0.4, 0.5) is 17.1 Å². The second-order valence-corrected chi connectivity index (χ2v) is 5.21. The van der Waals surface area contributed by atoms with Crippen molar-refractivity contribution in [3.63, 3.8) is 0 Å². The van der Waals surface area contributed by atoms with Gasteiger partial charge in [-0.2, -0.15) is 0 Å². The van der Waals surface area contributed by atoms with Gasteiger partial charge in [0.05, 0.1) is 18.5 Å². The number of anilines is 3. The van der Waals surface area contributed by atoms with Crippen molar-refractivity contribution in [1.29, 1.82) is 0 Å². The second kappa shape index (κ2) is 5.48. The molecule has 0 saturated heterocycles. The van der Waals surface area contributed by atoms with Crippen LogP contribution in [0.3, 0.4) is 0 Å². The molecule has 0 saturated carbocycles. The van der Waals surface area contributed by atoms with Gasteiger partial charge in [-0.05, 0) is 65.1 Å². The molecule has 0 atom stereocenters. The molecule has 2 rings (SSSR count). The number of hydrogen-bond donors (Lipinski definition) is 1. The van der Waals surface area contributed by atoms with Gasteiger partial charge in [-0.1, -0.05) is 0 Å². The molecule has 0 aromatic heterocycles. The lowest BCUT2D eigenvalue weighted by Gasteiger charge is -2.21. The van der Waals surface area contributed by atoms with E-state index in [1.54, 1.807) is 7.11 Å². The molecule has 0 unspecified atom stereocenters. The number of halogens is 1. The highest BCUT2D eigenvalue weighted by atomic mass is 127. The Bertz CT molecular complexity index is 540. The van der Waals surface area contributed by atoms with Crippen molar-refractivity contribution in [3.05, 3.63) is 46.0 Å². The van der Waals surface area contributed by atoms with Crippen molar-refractivity contribution < 1.29 is 4.74 Å². The van der Waals surface area contributed by atoms with Gasteiger partial charge in [-0.15, -0.1) is 0 Å². The average molecular weight is 354 g/mol. The molecule has 0 aliphatic heterocycles. The summed E-state index contributed by atoms with van der Waals surface area (Å²) >= 11 is 2.25. The van der Waals surface area contributed by atoms with Gasteiger partial charge < -0.3 is 15.4 Å². The Morgan fingerprint density at radius 3 is 2.33 bits per heavy atom. The van der Waals surface area contributed by atoms with Crippen LogP contribution < -0.4 is 15.4 Å². The number of nitrogen functional groups attached to an aromatic ring is 1. The summed E-state index contributed by atoms with van der Waals surface area (Å²) in [6, 6.07) is 13.9. The Labute approximate surface area is 121 Å². The molecule has 2 aromatic rings. The Kier molecular flexibility index (Phi) is 3.96. The predicted octanol–water partition coefficient (Wildman–Crippen LogP) is 3.65. The third kappa shape index (κ3) is 2.69. The minimum Gasteiger partial charge on any atom is -0.497 e. The van der Waals surface area contributed by atoms with Gasteiger partial charge in [0.2, 0.25) is 0 Å². The summed E-state index contributed by atoms with van der Waals surface area (Å²) in [4.78, 5) is 2.06. The highest BCUT2D eigenvalue weighted by molar-refractivity contribution is 14.1. The van der Waals surface area contributed by atoms with Gasteiger partial charge in [-0.3, -0.25) is 0 Å². The van der Waals surface area contributed by atoms with Gasteiger partial charge in [0.15, 0.2) is 0 Å². The van der Waals surface area contributed by atoms with E-state index < -0.39 is 0 Å². The molecule has 0 heterocycles. The maximum Gasteiger partial charge on any atom is 0.119 e. The van der Waals surface area contributed by atoms with Gasteiger partial charge in [0.25, 0.3) is 0 Å². The Balaban J connectivity index is 2.31. The van der Waals surface area contributed by atoms with E-state index in [4.69, 9.17) is 10.5 Å². The first-order chi connectivity index (χ1) is 8.61. The molecule has 4 heteroatoms. The van der Waals surface area contributed by atoms with E-state index in [0.29, 0.717) is 0 Å². The fraction of sp³-hybridized carbons (Fsp3) is 0.143. The predicted molar refractivity (Wildman–Crippen MR) is 84.6 cm³/mol. The fourth-order valence-corrected chi connectivity index (χ4v) is 2.29. The zero-order valence-electron chi connectivity index (χ0n) is 10.4. The van der Waals surface area contributed by atoms with E-state index in [-0.39, 0.29) is 0 Å². The van der Waals surface area contributed by atoms with Crippen LogP contribution in [0.1, 0.15) is 0 Å². The first kappa shape index (κ1) is 13.0. The Morgan fingerprint density at radius 1 is 1.11 bits per heavy atom. The highest BCUT2D eigenvalue weighted by Gasteiger charge is 2.07. The number of methoxy groups -OCH3 is 1. The van der Waals surface area contributed by atoms with Crippen LogP contribution in [0, 0.1) is 3.57 Å². The molecule has 0 amide bonds. The molecule has 18 heavy (non-hydrogen) atoms. The summed E-state index contributed by atoms with van der Waals surface area (Å²) in [5, 5.41) is 0. The van der Waals surface area contributed by atoms with E-state index in [0.717, 1.165) is 26.4 Å². The summed E-state index contributed by atoms with van der Waals surface area (Å²) < 4.78 is 6.29. The average Bonchev–Trinajstić information content (AvgIpc) is 2.38. The minimum absolute atomic E-state index is 0.778. The molecule has 0 aliphatic carbocycles. The van der Waals surface area contributed by atoms with E-state index in [2.05, 4.69) is 27.5 Å². The SMILES string of the molecule is COc1ccc(N(C)c2ccc(I)cc2N)cc1. The van der Waals surface area contributed by atoms with Crippen LogP contribution in [-0.2, 0) is 0 Å². The molecule has 2 aromatic carbocycles. The lowest BCUT2D eigenvalue weighted by molar-refractivity contribution is 0.415. The molecular formula is C14H15IN2O. The van der Waals surface area contributed by atoms with Crippen molar-refractivity contribution in [3.8, 4) is 5.75 Å². The smallest absolute Gasteiger partial charge is 0.119 e. The van der Waals surface area contributed by atoms with Crippen LogP contribution in [0.5, 0.6) is 5.75 Å². The van der Waals surface area contributed by atoms with E-state index in [9.17, 15) is 0 Å². The number of hydrogen-bond acceptors (Lipinski definition) is 3. The van der Waals surface area contributed by atoms with E-state index in [1.807, 2.05) is 49.5 Å². The standard InChI is InChI=1S/C14H15IN2O/c1-17(11-4-6-12(18-2)7-5-11)14-8-3-10(15)9-13(14)16/h3-9H,16H2,1-2H3. The number of rotatable bonds is 3. The largest absolute Gasteiger partial charge is 0.497 e. The zero-order valence-corrected chi connectivity index (χ0v) is 12.5. The Hall–Kier alpha value is -1.43. The summed E-state index contributed by atoms with van der Waals surface area (Å²) in [5.41, 5.74) is 8.90. The maximum atomic E-state index is 6.04. The van der Waals surface area contributed by atoms with Crippen LogP contribution in [-0.4, -0.2) is 14.2 Å². The van der Waals surface area contributed by atoms with Gasteiger partial charge in [-0.25, -0.2) is 0 Å². The van der Waals surface area contributed by atoms with Crippen LogP contribution in [0.2, 0.25) is 0 Å². The highest BCUT2D eigenvalue weighted by Crippen LogP contribution is 2.30. The minimum atomic E-state index is 0.778. The number of benzene rings is 2. The maximum absolute atomic E-state index is 6.04. The Morgan fingerprint density at radius 2 is 1.78 bits per heavy atom. The van der Waals surface area contributed by atoms with Crippen LogP contribution in [0.15, 0.2) is 42.5 Å². The molecule has 94 valence electrons. The number of ether oxygens (including phenoxy) is 1. The van der Waals surface area contributed by atoms with Crippen molar-refractivity contribution in [2.75, 3.05) is 24.8 Å². The second-order valence-electron chi connectivity index (χ2n) is 3.96. The number of nitrogens with two attached hydrogens (primary N) is 1. The first-order valence-electron chi connectivity index (χ1n) is 5.54. The van der Waals surface area contributed by atoms with Crippen molar-refractivity contribution in [1.82, 2.24) is 0 Å². The third-order valence-electron chi connectivity index (χ3n) is 2.81. The van der Waals surface area contributed by atoms with Crippen molar-refractivity contribution in [2.24, 2.45) is 0 Å². The van der Waals surface area contributed by atoms with E-state index in [1.165, 1.54) is 0 Å². The fourth-order valence-electron chi connectivity index (χ4n) is 1.78. The number of nitrogens with zero attached hydrogens (tertiary/aromatic N) is 1. The molecule has 0 radical (unpaired) electrons. The van der Waals surface area contributed by atoms with Crippen molar-refractivity contribution >= 4 is 39.7 Å². The van der Waals surface area contributed by atoms with Crippen molar-refractivity contribution in [2.45, 2.75) is 0 Å². The molecule has 2 N–H and O–H groups in total. The summed E-state index contributed by atoms with van der Waals surface area (Å²) in [5.74, 6) is 0.850. The molecule has 0 fully saturated rings. The van der Waals surface area contributed by atoms with Gasteiger partial charge in [0.1, 0.15) is 5.75 Å². The summed E-state index contributed by atoms with van der Waals surface area (Å²) in [6.45, 7) is 0. The normalized spacial score (nSPS) is 10.2.